The van der Waals surface area contributed by atoms with E-state index >= 15 is 8.78 Å². The third kappa shape index (κ3) is 7.55. The van der Waals surface area contributed by atoms with Crippen LogP contribution in [0.1, 0.15) is 130 Å². The lowest BCUT2D eigenvalue weighted by Gasteiger charge is -2.27. The summed E-state index contributed by atoms with van der Waals surface area (Å²) in [6.45, 7) is 32.3. The molecule has 0 N–H and O–H groups in total. The van der Waals surface area contributed by atoms with Crippen LogP contribution in [0.15, 0.2) is 127 Å². The number of nitrogens with zero attached hydrogens (tertiary/aromatic N) is 2. The lowest BCUT2D eigenvalue weighted by molar-refractivity contribution is 0.432. The maximum absolute atomic E-state index is 16.9. The van der Waals surface area contributed by atoms with E-state index in [0.29, 0.717) is 17.7 Å². The highest BCUT2D eigenvalue weighted by molar-refractivity contribution is 6.21. The van der Waals surface area contributed by atoms with Crippen molar-refractivity contribution in [3.8, 4) is 0 Å². The van der Waals surface area contributed by atoms with E-state index in [2.05, 4.69) is 179 Å². The first-order valence-electron chi connectivity index (χ1n) is 23.6. The second-order valence-electron chi connectivity index (χ2n) is 23.1. The van der Waals surface area contributed by atoms with E-state index in [0.717, 1.165) is 44.2 Å². The SMILES string of the molecule is CC1=C(c2ccccc2F)C(n2c3ccc(C(C)(C)C)cc3c3cc(C(C)(C)C)ccc32)=C(c2ccccc2F)[C@@H]1[C@@H](C)Cn1c2ccc(C(C)(C)C)cc2c2cc(C(C)(C)C)ccc21. The third-order valence-corrected chi connectivity index (χ3v) is 14.3. The summed E-state index contributed by atoms with van der Waals surface area (Å²) in [4.78, 5) is 0. The summed E-state index contributed by atoms with van der Waals surface area (Å²) in [6, 6.07) is 41.9. The first-order valence-corrected chi connectivity index (χ1v) is 23.6. The van der Waals surface area contributed by atoms with Crippen LogP contribution in [0, 0.1) is 23.5 Å². The van der Waals surface area contributed by atoms with Crippen LogP contribution in [0.25, 0.3) is 60.5 Å². The van der Waals surface area contributed by atoms with Crippen molar-refractivity contribution in [1.29, 1.82) is 0 Å². The maximum atomic E-state index is 16.9. The molecule has 2 heterocycles. The van der Waals surface area contributed by atoms with Gasteiger partial charge in [0.05, 0.1) is 16.7 Å². The Bertz CT molecular complexity index is 3120. The zero-order chi connectivity index (χ0) is 46.7. The predicted molar refractivity (Wildman–Crippen MR) is 275 cm³/mol. The van der Waals surface area contributed by atoms with E-state index in [1.165, 1.54) is 44.1 Å². The Labute approximate surface area is 385 Å². The summed E-state index contributed by atoms with van der Waals surface area (Å²) in [5, 5.41) is 4.76. The second kappa shape index (κ2) is 15.4. The van der Waals surface area contributed by atoms with Crippen LogP contribution in [0.3, 0.4) is 0 Å². The quantitative estimate of drug-likeness (QED) is 0.158. The minimum absolute atomic E-state index is 0.0162. The molecule has 0 fully saturated rings. The van der Waals surface area contributed by atoms with E-state index in [9.17, 15) is 0 Å². The van der Waals surface area contributed by atoms with Crippen molar-refractivity contribution in [1.82, 2.24) is 9.13 Å². The molecule has 8 aromatic rings. The van der Waals surface area contributed by atoms with Crippen molar-refractivity contribution in [3.63, 3.8) is 0 Å². The molecule has 1 aliphatic rings. The number of rotatable bonds is 6. The van der Waals surface area contributed by atoms with Crippen molar-refractivity contribution < 1.29 is 8.78 Å². The van der Waals surface area contributed by atoms with Crippen molar-refractivity contribution in [2.75, 3.05) is 0 Å². The Kier molecular flexibility index (Phi) is 10.6. The number of hydrogen-bond acceptors (Lipinski definition) is 0. The highest BCUT2D eigenvalue weighted by Crippen LogP contribution is 2.55. The highest BCUT2D eigenvalue weighted by atomic mass is 19.1. The number of halogens is 2. The van der Waals surface area contributed by atoms with Gasteiger partial charge in [-0.15, -0.1) is 0 Å². The Hall–Kier alpha value is -5.74. The van der Waals surface area contributed by atoms with Crippen LogP contribution in [-0.2, 0) is 28.2 Å². The predicted octanol–water partition coefficient (Wildman–Crippen LogP) is 17.2. The van der Waals surface area contributed by atoms with Crippen molar-refractivity contribution in [3.05, 3.63) is 172 Å². The molecule has 2 aromatic heterocycles. The van der Waals surface area contributed by atoms with Gasteiger partial charge < -0.3 is 9.13 Å². The fourth-order valence-corrected chi connectivity index (χ4v) is 10.6. The molecule has 0 saturated carbocycles. The lowest BCUT2D eigenvalue weighted by atomic mass is 9.81. The van der Waals surface area contributed by atoms with Crippen LogP contribution in [-0.4, -0.2) is 9.13 Å². The molecule has 6 aromatic carbocycles. The molecule has 9 rings (SSSR count). The van der Waals surface area contributed by atoms with Gasteiger partial charge in [-0.2, -0.15) is 0 Å². The van der Waals surface area contributed by atoms with Gasteiger partial charge in [0.25, 0.3) is 0 Å². The second-order valence-corrected chi connectivity index (χ2v) is 23.1. The Morgan fingerprint density at radius 1 is 0.477 bits per heavy atom. The van der Waals surface area contributed by atoms with Crippen molar-refractivity contribution in [2.24, 2.45) is 11.8 Å². The van der Waals surface area contributed by atoms with E-state index in [-0.39, 0.29) is 45.1 Å². The summed E-state index contributed by atoms with van der Waals surface area (Å²) in [5.41, 5.74) is 13.9. The number of benzene rings is 6. The lowest BCUT2D eigenvalue weighted by Crippen LogP contribution is -2.20. The normalized spacial score (nSPS) is 16.0. The first kappa shape index (κ1) is 44.5. The fourth-order valence-electron chi connectivity index (χ4n) is 10.6. The molecular formula is C61H66F2N2. The molecular weight excluding hydrogens is 799 g/mol. The van der Waals surface area contributed by atoms with E-state index in [1.54, 1.807) is 24.3 Å². The molecule has 0 unspecified atom stereocenters. The number of hydrogen-bond donors (Lipinski definition) is 0. The highest BCUT2D eigenvalue weighted by Gasteiger charge is 2.40. The zero-order valence-corrected chi connectivity index (χ0v) is 41.1. The summed E-state index contributed by atoms with van der Waals surface area (Å²) in [7, 11) is 0. The van der Waals surface area contributed by atoms with Gasteiger partial charge in [-0.25, -0.2) is 8.78 Å². The Morgan fingerprint density at radius 2 is 0.831 bits per heavy atom. The van der Waals surface area contributed by atoms with Crippen LogP contribution in [0.5, 0.6) is 0 Å². The standard InChI is InChI=1S/C61H66F2N2/c1-36(35-64-50-27-23-38(58(3,4)5)31-44(50)45-32-39(59(6,7)8)24-28-51(45)64)54-37(2)55(42-19-15-17-21-48(42)62)57(56(54)43-20-16-18-22-49(43)63)65-52-29-25-40(60(9,10)11)33-46(52)47-34-41(61(12,13)14)26-30-53(47)65/h15-34,36,54H,35H2,1-14H3/t36-,54+/m0/s1. The minimum atomic E-state index is -0.293. The van der Waals surface area contributed by atoms with Crippen molar-refractivity contribution in [2.45, 2.75) is 125 Å². The zero-order valence-electron chi connectivity index (χ0n) is 41.1. The fraction of sp³-hybridized carbons (Fsp3) is 0.344. The van der Waals surface area contributed by atoms with E-state index < -0.39 is 0 Å². The van der Waals surface area contributed by atoms with Gasteiger partial charge in [-0.3, -0.25) is 0 Å². The summed E-state index contributed by atoms with van der Waals surface area (Å²) < 4.78 is 38.5. The molecule has 2 nitrogen and oxygen atoms in total. The molecule has 0 saturated heterocycles. The molecule has 0 amide bonds. The van der Waals surface area contributed by atoms with Gasteiger partial charge in [0.2, 0.25) is 0 Å². The molecule has 334 valence electrons. The number of allylic oxidation sites excluding steroid dienone is 4. The van der Waals surface area contributed by atoms with E-state index in [4.69, 9.17) is 0 Å². The average Bonchev–Trinajstić information content (AvgIpc) is 3.83. The van der Waals surface area contributed by atoms with Gasteiger partial charge in [0, 0.05) is 61.7 Å². The monoisotopic (exact) mass is 865 g/mol. The van der Waals surface area contributed by atoms with Crippen LogP contribution in [0.4, 0.5) is 8.78 Å². The topological polar surface area (TPSA) is 9.86 Å². The number of fused-ring (bicyclic) bond motifs is 6. The first-order chi connectivity index (χ1) is 30.4. The maximum Gasteiger partial charge on any atom is 0.131 e. The van der Waals surface area contributed by atoms with Gasteiger partial charge in [0.1, 0.15) is 11.6 Å². The molecule has 1 aliphatic carbocycles. The van der Waals surface area contributed by atoms with Gasteiger partial charge in [-0.1, -0.05) is 156 Å². The molecule has 0 radical (unpaired) electrons. The molecule has 4 heteroatoms. The Balaban J connectivity index is 1.36. The summed E-state index contributed by atoms with van der Waals surface area (Å²) in [5.74, 6) is -0.882. The Morgan fingerprint density at radius 3 is 1.22 bits per heavy atom. The van der Waals surface area contributed by atoms with Crippen LogP contribution >= 0.6 is 0 Å². The number of aromatic nitrogens is 2. The van der Waals surface area contributed by atoms with Gasteiger partial charge in [-0.05, 0) is 123 Å². The largest absolute Gasteiger partial charge is 0.340 e. The minimum Gasteiger partial charge on any atom is -0.340 e. The third-order valence-electron chi connectivity index (χ3n) is 14.3. The molecule has 0 spiro atoms. The molecule has 0 aliphatic heterocycles. The molecule has 0 bridgehead atoms. The van der Waals surface area contributed by atoms with Crippen LogP contribution < -0.4 is 0 Å². The van der Waals surface area contributed by atoms with Gasteiger partial charge >= 0.3 is 0 Å². The van der Waals surface area contributed by atoms with Crippen molar-refractivity contribution >= 4 is 60.5 Å². The smallest absolute Gasteiger partial charge is 0.131 e. The van der Waals surface area contributed by atoms with Gasteiger partial charge in [0.15, 0.2) is 0 Å². The summed E-state index contributed by atoms with van der Waals surface area (Å²) in [6.07, 6.45) is 0. The average molecular weight is 865 g/mol. The molecule has 65 heavy (non-hydrogen) atoms. The summed E-state index contributed by atoms with van der Waals surface area (Å²) >= 11 is 0. The van der Waals surface area contributed by atoms with Crippen LogP contribution in [0.2, 0.25) is 0 Å². The van der Waals surface area contributed by atoms with E-state index in [1.807, 2.05) is 24.3 Å². The molecule has 2 atom stereocenters.